The zero-order valence-electron chi connectivity index (χ0n) is 19.5. The summed E-state index contributed by atoms with van der Waals surface area (Å²) < 4.78 is 19.3. The van der Waals surface area contributed by atoms with Gasteiger partial charge >= 0.3 is 0 Å². The van der Waals surface area contributed by atoms with Gasteiger partial charge in [-0.3, -0.25) is 0 Å². The van der Waals surface area contributed by atoms with Crippen molar-refractivity contribution in [2.45, 2.75) is 56.4 Å². The minimum Gasteiger partial charge on any atom is -0.376 e. The molecule has 0 aromatic heterocycles. The van der Waals surface area contributed by atoms with Gasteiger partial charge in [0.25, 0.3) is 0 Å². The smallest absolute Gasteiger partial charge is 0.0993 e. The second kappa shape index (κ2) is 12.4. The summed E-state index contributed by atoms with van der Waals surface area (Å²) in [4.78, 5) is 0. The number of ether oxygens (including phenoxy) is 3. The molecule has 0 unspecified atom stereocenters. The lowest BCUT2D eigenvalue weighted by Gasteiger charge is -2.28. The highest BCUT2D eigenvalue weighted by Gasteiger charge is 2.46. The molecule has 0 bridgehead atoms. The van der Waals surface area contributed by atoms with Crippen LogP contribution in [0.5, 0.6) is 0 Å². The molecule has 174 valence electrons. The molecular weight excluding hydrogens is 428 g/mol. The van der Waals surface area contributed by atoms with Crippen LogP contribution < -0.4 is 0 Å². The van der Waals surface area contributed by atoms with E-state index in [4.69, 9.17) is 14.2 Å². The van der Waals surface area contributed by atoms with Crippen molar-refractivity contribution in [3.8, 4) is 0 Å². The Labute approximate surface area is 202 Å². The lowest BCUT2D eigenvalue weighted by molar-refractivity contribution is -0.0886. The number of hydrogen-bond acceptors (Lipinski definition) is 4. The highest BCUT2D eigenvalue weighted by Crippen LogP contribution is 2.42. The molecule has 1 aliphatic rings. The number of benzene rings is 3. The highest BCUT2D eigenvalue weighted by atomic mass is 32.2. The van der Waals surface area contributed by atoms with E-state index in [1.54, 1.807) is 0 Å². The van der Waals surface area contributed by atoms with Crippen LogP contribution in [0.15, 0.2) is 91.0 Å². The molecule has 4 atom stereocenters. The highest BCUT2D eigenvalue weighted by molar-refractivity contribution is 8.01. The SMILES string of the molecule is CC(C)[C@@H]1S[C@@H](COCc2ccccc2)[C@@H](OCc2ccccc2)[C@@H]1OCc1ccccc1. The molecule has 33 heavy (non-hydrogen) atoms. The average Bonchev–Trinajstić information content (AvgIpc) is 3.21. The summed E-state index contributed by atoms with van der Waals surface area (Å²) >= 11 is 1.97. The van der Waals surface area contributed by atoms with Crippen molar-refractivity contribution >= 4 is 11.8 Å². The van der Waals surface area contributed by atoms with Crippen LogP contribution in [0.2, 0.25) is 0 Å². The normalized spacial score (nSPS) is 22.6. The van der Waals surface area contributed by atoms with E-state index in [0.29, 0.717) is 37.6 Å². The fourth-order valence-corrected chi connectivity index (χ4v) is 5.89. The topological polar surface area (TPSA) is 27.7 Å². The summed E-state index contributed by atoms with van der Waals surface area (Å²) in [5.74, 6) is 0.484. The summed E-state index contributed by atoms with van der Waals surface area (Å²) in [5.41, 5.74) is 3.57. The van der Waals surface area contributed by atoms with Crippen LogP contribution in [0.1, 0.15) is 30.5 Å². The van der Waals surface area contributed by atoms with Crippen molar-refractivity contribution in [1.29, 1.82) is 0 Å². The fourth-order valence-electron chi connectivity index (χ4n) is 4.22. The molecular formula is C29H34O3S. The van der Waals surface area contributed by atoms with Crippen LogP contribution in [0.4, 0.5) is 0 Å². The Morgan fingerprint density at radius 1 is 0.636 bits per heavy atom. The first-order valence-electron chi connectivity index (χ1n) is 11.8. The molecule has 0 saturated carbocycles. The molecule has 0 aliphatic carbocycles. The van der Waals surface area contributed by atoms with E-state index in [2.05, 4.69) is 86.6 Å². The van der Waals surface area contributed by atoms with Gasteiger partial charge in [-0.05, 0) is 22.6 Å². The van der Waals surface area contributed by atoms with E-state index >= 15 is 0 Å². The quantitative estimate of drug-likeness (QED) is 0.324. The standard InChI is InChI=1S/C29H34O3S/c1-22(2)29-28(32-20-25-16-10-5-11-17-25)27(31-19-24-14-8-4-9-15-24)26(33-29)21-30-18-23-12-6-3-7-13-23/h3-17,22,26-29H,18-21H2,1-2H3/t26-,27+,28-,29-/m0/s1. The molecule has 0 spiro atoms. The van der Waals surface area contributed by atoms with E-state index in [1.165, 1.54) is 16.7 Å². The first-order valence-corrected chi connectivity index (χ1v) is 12.7. The molecule has 3 nitrogen and oxygen atoms in total. The van der Waals surface area contributed by atoms with Crippen LogP contribution in [0.25, 0.3) is 0 Å². The molecule has 3 aromatic carbocycles. The Hall–Kier alpha value is -2.11. The molecule has 1 heterocycles. The van der Waals surface area contributed by atoms with Crippen LogP contribution in [-0.2, 0) is 34.0 Å². The fraction of sp³-hybridized carbons (Fsp3) is 0.379. The van der Waals surface area contributed by atoms with E-state index in [-0.39, 0.29) is 17.5 Å². The summed E-state index contributed by atoms with van der Waals surface area (Å²) in [7, 11) is 0. The monoisotopic (exact) mass is 462 g/mol. The van der Waals surface area contributed by atoms with Gasteiger partial charge in [0.05, 0.1) is 43.9 Å². The molecule has 1 fully saturated rings. The van der Waals surface area contributed by atoms with Gasteiger partial charge in [-0.2, -0.15) is 0 Å². The third-order valence-corrected chi connectivity index (χ3v) is 7.85. The molecule has 4 heteroatoms. The largest absolute Gasteiger partial charge is 0.376 e. The molecule has 1 aliphatic heterocycles. The summed E-state index contributed by atoms with van der Waals surface area (Å²) in [6, 6.07) is 31.1. The van der Waals surface area contributed by atoms with E-state index in [9.17, 15) is 0 Å². The number of thioether (sulfide) groups is 1. The molecule has 3 aromatic rings. The van der Waals surface area contributed by atoms with Gasteiger partial charge in [-0.25, -0.2) is 0 Å². The van der Waals surface area contributed by atoms with E-state index in [0.717, 1.165) is 0 Å². The lowest BCUT2D eigenvalue weighted by atomic mass is 9.99. The molecule has 0 radical (unpaired) electrons. The van der Waals surface area contributed by atoms with Crippen LogP contribution >= 0.6 is 11.8 Å². The number of hydrogen-bond donors (Lipinski definition) is 0. The molecule has 4 rings (SSSR count). The third-order valence-electron chi connectivity index (χ3n) is 5.97. The van der Waals surface area contributed by atoms with Crippen LogP contribution in [0.3, 0.4) is 0 Å². The summed E-state index contributed by atoms with van der Waals surface area (Å²) in [6.07, 6.45) is -0.00802. The third kappa shape index (κ3) is 6.94. The second-order valence-corrected chi connectivity index (χ2v) is 10.3. The van der Waals surface area contributed by atoms with Crippen LogP contribution in [-0.4, -0.2) is 29.3 Å². The second-order valence-electron chi connectivity index (χ2n) is 8.91. The predicted octanol–water partition coefficient (Wildman–Crippen LogP) is 6.51. The minimum atomic E-state index is -0.0258. The first-order chi connectivity index (χ1) is 16.2. The Morgan fingerprint density at radius 2 is 1.09 bits per heavy atom. The molecule has 1 saturated heterocycles. The zero-order valence-corrected chi connectivity index (χ0v) is 20.3. The van der Waals surface area contributed by atoms with Crippen molar-refractivity contribution in [2.24, 2.45) is 5.92 Å². The van der Waals surface area contributed by atoms with Gasteiger partial charge < -0.3 is 14.2 Å². The summed E-state index contributed by atoms with van der Waals surface area (Å²) in [6.45, 7) is 6.99. The van der Waals surface area contributed by atoms with Gasteiger partial charge in [-0.1, -0.05) is 105 Å². The van der Waals surface area contributed by atoms with E-state index < -0.39 is 0 Å². The maximum absolute atomic E-state index is 6.56. The van der Waals surface area contributed by atoms with Crippen molar-refractivity contribution in [2.75, 3.05) is 6.61 Å². The Kier molecular flexibility index (Phi) is 9.01. The minimum absolute atomic E-state index is 0.0178. The predicted molar refractivity (Wildman–Crippen MR) is 136 cm³/mol. The van der Waals surface area contributed by atoms with Crippen molar-refractivity contribution in [3.05, 3.63) is 108 Å². The number of rotatable bonds is 11. The average molecular weight is 463 g/mol. The summed E-state index contributed by atoms with van der Waals surface area (Å²) in [5, 5.41) is 0.588. The Bertz CT molecular complexity index is 933. The van der Waals surface area contributed by atoms with Crippen molar-refractivity contribution < 1.29 is 14.2 Å². The van der Waals surface area contributed by atoms with Crippen molar-refractivity contribution in [3.63, 3.8) is 0 Å². The first kappa shape index (κ1) is 24.0. The van der Waals surface area contributed by atoms with Gasteiger partial charge in [0, 0.05) is 5.25 Å². The Morgan fingerprint density at radius 3 is 1.58 bits per heavy atom. The van der Waals surface area contributed by atoms with Gasteiger partial charge in [0.1, 0.15) is 0 Å². The maximum Gasteiger partial charge on any atom is 0.0993 e. The maximum atomic E-state index is 6.56. The molecule has 0 N–H and O–H groups in total. The van der Waals surface area contributed by atoms with Crippen LogP contribution in [0, 0.1) is 5.92 Å². The Balaban J connectivity index is 1.45. The van der Waals surface area contributed by atoms with Crippen molar-refractivity contribution in [1.82, 2.24) is 0 Å². The molecule has 0 amide bonds. The zero-order chi connectivity index (χ0) is 22.9. The van der Waals surface area contributed by atoms with Gasteiger partial charge in [-0.15, -0.1) is 11.8 Å². The van der Waals surface area contributed by atoms with Gasteiger partial charge in [0.15, 0.2) is 0 Å². The van der Waals surface area contributed by atoms with Gasteiger partial charge in [0.2, 0.25) is 0 Å². The van der Waals surface area contributed by atoms with E-state index in [1.807, 2.05) is 30.0 Å². The lowest BCUT2D eigenvalue weighted by Crippen LogP contribution is -2.40.